The van der Waals surface area contributed by atoms with E-state index < -0.39 is 0 Å². The van der Waals surface area contributed by atoms with Crippen LogP contribution in [0.25, 0.3) is 0 Å². The molecule has 1 fully saturated rings. The highest BCUT2D eigenvalue weighted by Crippen LogP contribution is 2.06. The van der Waals surface area contributed by atoms with Crippen molar-refractivity contribution < 1.29 is 18.9 Å². The molecule has 0 aliphatic carbocycles. The summed E-state index contributed by atoms with van der Waals surface area (Å²) in [4.78, 5) is 0. The van der Waals surface area contributed by atoms with Crippen LogP contribution < -0.4 is 0 Å². The third-order valence-electron chi connectivity index (χ3n) is 2.56. The maximum Gasteiger partial charge on any atom is 0.0700 e. The molecule has 0 atom stereocenters. The quantitative estimate of drug-likeness (QED) is 0.745. The Hall–Kier alpha value is -0.160. The number of hydrogen-bond acceptors (Lipinski definition) is 4. The molecule has 0 bridgehead atoms. The van der Waals surface area contributed by atoms with E-state index in [0.717, 1.165) is 39.6 Å². The van der Waals surface area contributed by atoms with Gasteiger partial charge in [0.2, 0.25) is 0 Å². The van der Waals surface area contributed by atoms with Gasteiger partial charge in [0.1, 0.15) is 0 Å². The average Bonchev–Trinajstić information content (AvgIpc) is 2.58. The summed E-state index contributed by atoms with van der Waals surface area (Å²) >= 11 is 0. The molecule has 0 saturated carbocycles. The van der Waals surface area contributed by atoms with Crippen molar-refractivity contribution in [1.82, 2.24) is 0 Å². The molecule has 0 aromatic heterocycles. The van der Waals surface area contributed by atoms with Crippen LogP contribution >= 0.6 is 0 Å². The van der Waals surface area contributed by atoms with E-state index in [0.29, 0.717) is 11.8 Å². The Morgan fingerprint density at radius 1 is 1.06 bits per heavy atom. The highest BCUT2D eigenvalue weighted by atomic mass is 16.5. The van der Waals surface area contributed by atoms with Gasteiger partial charge in [-0.25, -0.2) is 0 Å². The lowest BCUT2D eigenvalue weighted by molar-refractivity contribution is 0.0933. The molecule has 1 aliphatic heterocycles. The number of methoxy groups -OCH3 is 2. The summed E-state index contributed by atoms with van der Waals surface area (Å²) in [5, 5.41) is 0. The van der Waals surface area contributed by atoms with Gasteiger partial charge in [-0.15, -0.1) is 0 Å². The third kappa shape index (κ3) is 10.7. The van der Waals surface area contributed by atoms with Gasteiger partial charge in [-0.1, -0.05) is 13.8 Å². The Morgan fingerprint density at radius 2 is 1.53 bits per heavy atom. The molecule has 0 spiro atoms. The maximum absolute atomic E-state index is 5.27. The molecular weight excluding hydrogens is 220 g/mol. The Balaban J connectivity index is 0.000000304. The van der Waals surface area contributed by atoms with Crippen LogP contribution in [0.15, 0.2) is 0 Å². The van der Waals surface area contributed by atoms with E-state index >= 15 is 0 Å². The van der Waals surface area contributed by atoms with E-state index in [9.17, 15) is 0 Å². The van der Waals surface area contributed by atoms with E-state index in [1.54, 1.807) is 14.2 Å². The van der Waals surface area contributed by atoms with Crippen LogP contribution in [0.5, 0.6) is 0 Å². The zero-order valence-electron chi connectivity index (χ0n) is 11.7. The summed E-state index contributed by atoms with van der Waals surface area (Å²) in [7, 11) is 3.40. The summed E-state index contributed by atoms with van der Waals surface area (Å²) in [6.45, 7) is 9.15. The van der Waals surface area contributed by atoms with Crippen molar-refractivity contribution in [3.8, 4) is 0 Å². The number of rotatable bonds is 5. The van der Waals surface area contributed by atoms with Crippen LogP contribution in [-0.2, 0) is 18.9 Å². The Morgan fingerprint density at radius 3 is 1.88 bits per heavy atom. The van der Waals surface area contributed by atoms with Crippen molar-refractivity contribution in [3.05, 3.63) is 0 Å². The van der Waals surface area contributed by atoms with Crippen molar-refractivity contribution in [2.45, 2.75) is 20.3 Å². The topological polar surface area (TPSA) is 36.9 Å². The third-order valence-corrected chi connectivity index (χ3v) is 2.56. The van der Waals surface area contributed by atoms with E-state index in [2.05, 4.69) is 13.8 Å². The zero-order chi connectivity index (χ0) is 12.9. The molecule has 0 aromatic carbocycles. The second kappa shape index (κ2) is 12.3. The molecule has 0 N–H and O–H groups in total. The minimum Gasteiger partial charge on any atom is -0.384 e. The van der Waals surface area contributed by atoms with Crippen LogP contribution in [0.3, 0.4) is 0 Å². The highest BCUT2D eigenvalue weighted by molar-refractivity contribution is 4.56. The first kappa shape index (κ1) is 16.8. The predicted molar refractivity (Wildman–Crippen MR) is 68.3 cm³/mol. The summed E-state index contributed by atoms with van der Waals surface area (Å²) in [6, 6.07) is 0. The summed E-state index contributed by atoms with van der Waals surface area (Å²) in [5.41, 5.74) is 0. The molecule has 0 aromatic rings. The molecule has 4 nitrogen and oxygen atoms in total. The van der Waals surface area contributed by atoms with Gasteiger partial charge in [0.15, 0.2) is 0 Å². The highest BCUT2D eigenvalue weighted by Gasteiger charge is 2.09. The van der Waals surface area contributed by atoms with Crippen LogP contribution in [0.2, 0.25) is 0 Å². The molecule has 104 valence electrons. The van der Waals surface area contributed by atoms with Crippen LogP contribution in [0.4, 0.5) is 0 Å². The zero-order valence-corrected chi connectivity index (χ0v) is 11.7. The number of hydrogen-bond donors (Lipinski definition) is 0. The van der Waals surface area contributed by atoms with Crippen LogP contribution in [0.1, 0.15) is 20.3 Å². The first-order valence-corrected chi connectivity index (χ1v) is 6.37. The fourth-order valence-electron chi connectivity index (χ4n) is 1.52. The van der Waals surface area contributed by atoms with E-state index in [-0.39, 0.29) is 0 Å². The lowest BCUT2D eigenvalue weighted by atomic mass is 10.1. The van der Waals surface area contributed by atoms with Gasteiger partial charge in [0.05, 0.1) is 39.6 Å². The summed E-state index contributed by atoms with van der Waals surface area (Å²) < 4.78 is 20.3. The van der Waals surface area contributed by atoms with Gasteiger partial charge in [-0.3, -0.25) is 0 Å². The molecule has 0 radical (unpaired) electrons. The van der Waals surface area contributed by atoms with E-state index in [1.807, 2.05) is 0 Å². The molecule has 1 heterocycles. The monoisotopic (exact) mass is 248 g/mol. The van der Waals surface area contributed by atoms with Gasteiger partial charge in [-0.2, -0.15) is 0 Å². The first-order chi connectivity index (χ1) is 8.24. The van der Waals surface area contributed by atoms with E-state index in [1.165, 1.54) is 6.42 Å². The van der Waals surface area contributed by atoms with Gasteiger partial charge in [0, 0.05) is 26.1 Å². The van der Waals surface area contributed by atoms with Crippen molar-refractivity contribution in [2.75, 3.05) is 53.9 Å². The lowest BCUT2D eigenvalue weighted by Crippen LogP contribution is -2.10. The Labute approximate surface area is 106 Å². The Kier molecular flexibility index (Phi) is 12.2. The van der Waals surface area contributed by atoms with Gasteiger partial charge in [0.25, 0.3) is 0 Å². The largest absolute Gasteiger partial charge is 0.384 e. The predicted octanol–water partition coefficient (Wildman–Crippen LogP) is 1.97. The maximum atomic E-state index is 5.27. The molecule has 0 unspecified atom stereocenters. The minimum atomic E-state index is 0.519. The standard InChI is InChI=1S/C7H14O2.C6H14O2/c1-2-7-5-8-3-4-9-6-7;1-6(4-7-2)5-8-3/h7H,2-6H2,1H3;6H,4-5H2,1-3H3. The fraction of sp³-hybridized carbons (Fsp3) is 1.00. The summed E-state index contributed by atoms with van der Waals surface area (Å²) in [6.07, 6.45) is 1.17. The molecule has 4 heteroatoms. The average molecular weight is 248 g/mol. The SMILES string of the molecule is CCC1COCCOC1.COCC(C)COC. The fourth-order valence-corrected chi connectivity index (χ4v) is 1.52. The van der Waals surface area contributed by atoms with Crippen LogP contribution in [-0.4, -0.2) is 53.9 Å². The Bertz CT molecular complexity index is 138. The van der Waals surface area contributed by atoms with Gasteiger partial charge < -0.3 is 18.9 Å². The van der Waals surface area contributed by atoms with Crippen molar-refractivity contribution in [1.29, 1.82) is 0 Å². The van der Waals surface area contributed by atoms with E-state index in [4.69, 9.17) is 18.9 Å². The molecule has 17 heavy (non-hydrogen) atoms. The molecule has 1 rings (SSSR count). The lowest BCUT2D eigenvalue weighted by Gasteiger charge is -2.07. The van der Waals surface area contributed by atoms with Crippen molar-refractivity contribution in [2.24, 2.45) is 11.8 Å². The molecule has 1 saturated heterocycles. The molecule has 1 aliphatic rings. The second-order valence-electron chi connectivity index (χ2n) is 4.44. The minimum absolute atomic E-state index is 0.519. The van der Waals surface area contributed by atoms with Gasteiger partial charge >= 0.3 is 0 Å². The molecule has 0 amide bonds. The smallest absolute Gasteiger partial charge is 0.0700 e. The van der Waals surface area contributed by atoms with Gasteiger partial charge in [-0.05, 0) is 6.42 Å². The molecular formula is C13H28O4. The summed E-state index contributed by atoms with van der Waals surface area (Å²) in [5.74, 6) is 1.15. The van der Waals surface area contributed by atoms with Crippen molar-refractivity contribution in [3.63, 3.8) is 0 Å². The normalized spacial score (nSPS) is 17.5. The van der Waals surface area contributed by atoms with Crippen molar-refractivity contribution >= 4 is 0 Å². The second-order valence-corrected chi connectivity index (χ2v) is 4.44. The number of ether oxygens (including phenoxy) is 4. The first-order valence-electron chi connectivity index (χ1n) is 6.37. The van der Waals surface area contributed by atoms with Crippen LogP contribution in [0, 0.1) is 11.8 Å².